The van der Waals surface area contributed by atoms with Gasteiger partial charge in [0.1, 0.15) is 5.75 Å². The number of piperazine rings is 1. The van der Waals surface area contributed by atoms with Gasteiger partial charge in [-0.1, -0.05) is 31.5 Å². The largest absolute Gasteiger partial charge is 0.482 e. The zero-order chi connectivity index (χ0) is 17.6. The van der Waals surface area contributed by atoms with Crippen LogP contribution in [0, 0.1) is 0 Å². The molecule has 0 saturated carbocycles. The number of hydrogen-bond donors (Lipinski definition) is 1. The minimum atomic E-state index is -0.954. The van der Waals surface area contributed by atoms with Crippen molar-refractivity contribution in [3.8, 4) is 5.75 Å². The van der Waals surface area contributed by atoms with Gasteiger partial charge in [0.25, 0.3) is 0 Å². The van der Waals surface area contributed by atoms with E-state index >= 15 is 0 Å². The summed E-state index contributed by atoms with van der Waals surface area (Å²) in [6.45, 7) is 7.42. The van der Waals surface area contributed by atoms with Gasteiger partial charge in [-0.15, -0.1) is 0 Å². The highest BCUT2D eigenvalue weighted by Gasteiger charge is 2.35. The van der Waals surface area contributed by atoms with Gasteiger partial charge in [0.15, 0.2) is 6.61 Å². The van der Waals surface area contributed by atoms with E-state index < -0.39 is 5.97 Å². The standard InChI is InChI=1S/C19H28N2O4/c1-2-5-16-12-24-13-17-11-20(8-9-21(16)17)10-15-6-3-4-7-18(15)25-14-19(22)23/h3-4,6-7,16-17H,2,5,8-14H2,1H3,(H,22,23)/t16-,17+/m0/s1. The number of carbonyl (C=O) groups is 1. The molecule has 6 heteroatoms. The molecule has 2 saturated heterocycles. The van der Waals surface area contributed by atoms with Crippen LogP contribution in [-0.2, 0) is 16.1 Å². The van der Waals surface area contributed by atoms with Gasteiger partial charge in [-0.05, 0) is 12.5 Å². The number of benzene rings is 1. The number of carboxylic acids is 1. The predicted octanol–water partition coefficient (Wildman–Crippen LogP) is 1.84. The Morgan fingerprint density at radius 2 is 2.16 bits per heavy atom. The average molecular weight is 348 g/mol. The number of morpholine rings is 1. The molecule has 25 heavy (non-hydrogen) atoms. The number of nitrogens with zero attached hydrogens (tertiary/aromatic N) is 2. The van der Waals surface area contributed by atoms with E-state index in [0.717, 1.165) is 45.0 Å². The molecule has 0 bridgehead atoms. The molecule has 3 rings (SSSR count). The molecule has 0 radical (unpaired) electrons. The second-order valence-corrected chi connectivity index (χ2v) is 6.90. The first-order chi connectivity index (χ1) is 12.2. The van der Waals surface area contributed by atoms with Gasteiger partial charge in [-0.2, -0.15) is 0 Å². The van der Waals surface area contributed by atoms with Crippen molar-refractivity contribution in [2.45, 2.75) is 38.4 Å². The Kier molecular flexibility index (Phi) is 6.29. The molecule has 2 aliphatic heterocycles. The van der Waals surface area contributed by atoms with Crippen molar-refractivity contribution < 1.29 is 19.4 Å². The maximum atomic E-state index is 10.8. The first-order valence-electron chi connectivity index (χ1n) is 9.15. The van der Waals surface area contributed by atoms with Crippen LogP contribution in [0.15, 0.2) is 24.3 Å². The Bertz CT molecular complexity index is 578. The van der Waals surface area contributed by atoms with Gasteiger partial charge in [-0.3, -0.25) is 9.80 Å². The lowest BCUT2D eigenvalue weighted by Gasteiger charge is -2.48. The van der Waals surface area contributed by atoms with Gasteiger partial charge >= 0.3 is 5.97 Å². The third-order valence-electron chi connectivity index (χ3n) is 5.04. The van der Waals surface area contributed by atoms with Crippen LogP contribution in [0.1, 0.15) is 25.3 Å². The van der Waals surface area contributed by atoms with Gasteiger partial charge in [0, 0.05) is 43.8 Å². The fourth-order valence-corrected chi connectivity index (χ4v) is 3.88. The quantitative estimate of drug-likeness (QED) is 0.811. The molecule has 2 fully saturated rings. The minimum absolute atomic E-state index is 0.306. The number of rotatable bonds is 7. The van der Waals surface area contributed by atoms with Crippen molar-refractivity contribution in [3.05, 3.63) is 29.8 Å². The van der Waals surface area contributed by atoms with Crippen molar-refractivity contribution in [2.75, 3.05) is 39.5 Å². The number of fused-ring (bicyclic) bond motifs is 1. The highest BCUT2D eigenvalue weighted by Crippen LogP contribution is 2.25. The number of para-hydroxylation sites is 1. The van der Waals surface area contributed by atoms with Crippen LogP contribution in [0.3, 0.4) is 0 Å². The molecular weight excluding hydrogens is 320 g/mol. The Morgan fingerprint density at radius 3 is 2.96 bits per heavy atom. The smallest absolute Gasteiger partial charge is 0.341 e. The van der Waals surface area contributed by atoms with E-state index in [9.17, 15) is 4.79 Å². The maximum Gasteiger partial charge on any atom is 0.341 e. The normalized spacial score (nSPS) is 24.7. The number of aliphatic carboxylic acids is 1. The maximum absolute atomic E-state index is 10.8. The molecule has 6 nitrogen and oxygen atoms in total. The highest BCUT2D eigenvalue weighted by atomic mass is 16.5. The summed E-state index contributed by atoms with van der Waals surface area (Å²) in [5, 5.41) is 8.83. The predicted molar refractivity (Wildman–Crippen MR) is 94.9 cm³/mol. The summed E-state index contributed by atoms with van der Waals surface area (Å²) in [6.07, 6.45) is 2.39. The second kappa shape index (κ2) is 8.65. The van der Waals surface area contributed by atoms with E-state index in [1.807, 2.05) is 24.3 Å². The summed E-state index contributed by atoms with van der Waals surface area (Å²) >= 11 is 0. The molecule has 1 aromatic rings. The third kappa shape index (κ3) is 4.71. The van der Waals surface area contributed by atoms with E-state index in [4.69, 9.17) is 14.6 Å². The average Bonchev–Trinajstić information content (AvgIpc) is 2.61. The topological polar surface area (TPSA) is 62.2 Å². The Labute approximate surface area is 149 Å². The number of hydrogen-bond acceptors (Lipinski definition) is 5. The second-order valence-electron chi connectivity index (χ2n) is 6.90. The third-order valence-corrected chi connectivity index (χ3v) is 5.04. The van der Waals surface area contributed by atoms with Crippen molar-refractivity contribution in [1.29, 1.82) is 0 Å². The van der Waals surface area contributed by atoms with Crippen LogP contribution in [0.4, 0.5) is 0 Å². The van der Waals surface area contributed by atoms with Crippen molar-refractivity contribution in [1.82, 2.24) is 9.80 Å². The molecular formula is C19H28N2O4. The van der Waals surface area contributed by atoms with Gasteiger partial charge in [0.05, 0.1) is 13.2 Å². The van der Waals surface area contributed by atoms with Crippen LogP contribution >= 0.6 is 0 Å². The number of ether oxygens (including phenoxy) is 2. The summed E-state index contributed by atoms with van der Waals surface area (Å²) < 4.78 is 11.3. The van der Waals surface area contributed by atoms with Gasteiger partial charge in [0.2, 0.25) is 0 Å². The summed E-state index contributed by atoms with van der Waals surface area (Å²) in [6, 6.07) is 8.71. The highest BCUT2D eigenvalue weighted by molar-refractivity contribution is 5.68. The zero-order valence-corrected chi connectivity index (χ0v) is 14.9. The van der Waals surface area contributed by atoms with Gasteiger partial charge < -0.3 is 14.6 Å². The molecule has 2 atom stereocenters. The summed E-state index contributed by atoms with van der Waals surface area (Å²) in [7, 11) is 0. The fraction of sp³-hybridized carbons (Fsp3) is 0.632. The first kappa shape index (κ1) is 18.2. The van der Waals surface area contributed by atoms with Gasteiger partial charge in [-0.25, -0.2) is 4.79 Å². The van der Waals surface area contributed by atoms with Crippen LogP contribution in [0.5, 0.6) is 5.75 Å². The van der Waals surface area contributed by atoms with Crippen molar-refractivity contribution in [3.63, 3.8) is 0 Å². The van der Waals surface area contributed by atoms with Crippen LogP contribution in [0.2, 0.25) is 0 Å². The van der Waals surface area contributed by atoms with E-state index in [1.54, 1.807) is 0 Å². The lowest BCUT2D eigenvalue weighted by Crippen LogP contribution is -2.61. The van der Waals surface area contributed by atoms with Crippen molar-refractivity contribution >= 4 is 5.97 Å². The summed E-state index contributed by atoms with van der Waals surface area (Å²) in [5.74, 6) is -0.291. The molecule has 0 aliphatic carbocycles. The van der Waals surface area contributed by atoms with E-state index in [2.05, 4.69) is 16.7 Å². The summed E-state index contributed by atoms with van der Waals surface area (Å²) in [5.41, 5.74) is 1.04. The molecule has 0 unspecified atom stereocenters. The number of carboxylic acid groups (broad SMARTS) is 1. The molecule has 1 aromatic carbocycles. The lowest BCUT2D eigenvalue weighted by atomic mass is 10.0. The molecule has 1 N–H and O–H groups in total. The van der Waals surface area contributed by atoms with Crippen LogP contribution < -0.4 is 4.74 Å². The molecule has 0 spiro atoms. The molecule has 2 heterocycles. The van der Waals surface area contributed by atoms with E-state index in [0.29, 0.717) is 17.8 Å². The van der Waals surface area contributed by atoms with E-state index in [-0.39, 0.29) is 6.61 Å². The Morgan fingerprint density at radius 1 is 1.32 bits per heavy atom. The Hall–Kier alpha value is -1.63. The SMILES string of the molecule is CCC[C@H]1COC[C@H]2CN(Cc3ccccc3OCC(=O)O)CCN12. The molecule has 0 aromatic heterocycles. The summed E-state index contributed by atoms with van der Waals surface area (Å²) in [4.78, 5) is 15.8. The van der Waals surface area contributed by atoms with Crippen LogP contribution in [-0.4, -0.2) is 72.4 Å². The van der Waals surface area contributed by atoms with Crippen LogP contribution in [0.25, 0.3) is 0 Å². The Balaban J connectivity index is 1.61. The van der Waals surface area contributed by atoms with Crippen molar-refractivity contribution in [2.24, 2.45) is 0 Å². The fourth-order valence-electron chi connectivity index (χ4n) is 3.88. The minimum Gasteiger partial charge on any atom is -0.482 e. The molecule has 138 valence electrons. The monoisotopic (exact) mass is 348 g/mol. The molecule has 2 aliphatic rings. The first-order valence-corrected chi connectivity index (χ1v) is 9.15. The molecule has 0 amide bonds. The van der Waals surface area contributed by atoms with E-state index in [1.165, 1.54) is 12.8 Å². The zero-order valence-electron chi connectivity index (χ0n) is 14.9. The lowest BCUT2D eigenvalue weighted by molar-refractivity contribution is -0.139.